The van der Waals surface area contributed by atoms with E-state index in [4.69, 9.17) is 0 Å². The number of hydrogen-bond acceptors (Lipinski definition) is 2. The topological polar surface area (TPSA) is 29.5 Å². The van der Waals surface area contributed by atoms with E-state index in [1.165, 1.54) is 0 Å². The van der Waals surface area contributed by atoms with E-state index in [0.29, 0.717) is 17.7 Å². The summed E-state index contributed by atoms with van der Waals surface area (Å²) in [4.78, 5) is 14.0. The van der Waals surface area contributed by atoms with Crippen molar-refractivity contribution in [3.05, 3.63) is 69.7 Å². The number of hydrogen-bond donors (Lipinski definition) is 0. The van der Waals surface area contributed by atoms with Crippen molar-refractivity contribution in [2.75, 3.05) is 13.7 Å². The molecule has 0 spiro atoms. The molecule has 0 aliphatic heterocycles. The summed E-state index contributed by atoms with van der Waals surface area (Å²) in [6, 6.07) is 14.0. The number of amides is 1. The second-order valence-electron chi connectivity index (χ2n) is 5.59. The number of ether oxygens (including phenoxy) is 1. The molecule has 0 unspecified atom stereocenters. The number of carbonyl (C=O) groups excluding carboxylic acids is 1. The minimum atomic E-state index is -4.34. The van der Waals surface area contributed by atoms with Crippen molar-refractivity contribution >= 4 is 21.8 Å². The summed E-state index contributed by atoms with van der Waals surface area (Å²) in [7, 11) is 1.70. The maximum absolute atomic E-state index is 12.4. The van der Waals surface area contributed by atoms with Crippen molar-refractivity contribution in [2.45, 2.75) is 19.3 Å². The lowest BCUT2D eigenvalue weighted by Crippen LogP contribution is -2.26. The number of benzene rings is 2. The van der Waals surface area contributed by atoms with E-state index in [1.54, 1.807) is 36.2 Å². The zero-order valence-corrected chi connectivity index (χ0v) is 15.1. The highest BCUT2D eigenvalue weighted by atomic mass is 79.9. The van der Waals surface area contributed by atoms with Crippen molar-refractivity contribution < 1.29 is 22.7 Å². The van der Waals surface area contributed by atoms with E-state index >= 15 is 0 Å². The Morgan fingerprint density at radius 2 is 1.60 bits per heavy atom. The molecule has 0 fully saturated rings. The van der Waals surface area contributed by atoms with Gasteiger partial charge in [0, 0.05) is 23.6 Å². The van der Waals surface area contributed by atoms with Gasteiger partial charge in [-0.25, -0.2) is 0 Å². The van der Waals surface area contributed by atoms with Gasteiger partial charge in [0.05, 0.1) is 6.61 Å². The molecule has 2 rings (SSSR count). The summed E-state index contributed by atoms with van der Waals surface area (Å²) >= 11 is 3.36. The lowest BCUT2D eigenvalue weighted by Gasteiger charge is -2.17. The fourth-order valence-electron chi connectivity index (χ4n) is 2.18. The molecule has 0 aliphatic rings. The Hall–Kier alpha value is -1.86. The molecule has 0 bridgehead atoms. The highest BCUT2D eigenvalue weighted by Crippen LogP contribution is 2.17. The van der Waals surface area contributed by atoms with Crippen molar-refractivity contribution in [2.24, 2.45) is 0 Å². The largest absolute Gasteiger partial charge is 0.411 e. The molecule has 0 aromatic heterocycles. The quantitative estimate of drug-likeness (QED) is 0.677. The maximum Gasteiger partial charge on any atom is 0.411 e. The first-order chi connectivity index (χ1) is 11.7. The summed E-state index contributed by atoms with van der Waals surface area (Å²) in [5.41, 5.74) is 2.05. The van der Waals surface area contributed by atoms with Gasteiger partial charge in [0.25, 0.3) is 5.91 Å². The molecular formula is C18H17BrF3NO2. The molecule has 0 aliphatic carbocycles. The van der Waals surface area contributed by atoms with Crippen molar-refractivity contribution in [3.8, 4) is 0 Å². The number of halogens is 4. The molecule has 134 valence electrons. The smallest absolute Gasteiger partial charge is 0.367 e. The van der Waals surface area contributed by atoms with Crippen molar-refractivity contribution in [1.82, 2.24) is 4.90 Å². The van der Waals surface area contributed by atoms with Crippen LogP contribution in [-0.4, -0.2) is 30.6 Å². The third-order valence-corrected chi connectivity index (χ3v) is 3.94. The number of nitrogens with zero attached hydrogens (tertiary/aromatic N) is 1. The molecular weight excluding hydrogens is 399 g/mol. The summed E-state index contributed by atoms with van der Waals surface area (Å²) in [5, 5.41) is 0. The van der Waals surface area contributed by atoms with Gasteiger partial charge in [-0.1, -0.05) is 40.2 Å². The maximum atomic E-state index is 12.4. The summed E-state index contributed by atoms with van der Waals surface area (Å²) in [6.07, 6.45) is -4.34. The highest BCUT2D eigenvalue weighted by Gasteiger charge is 2.27. The lowest BCUT2D eigenvalue weighted by atomic mass is 10.1. The standard InChI is InChI=1S/C18H17BrF3NO2/c1-23(10-13-4-8-16(19)9-5-13)17(24)15-6-2-14(3-7-15)11-25-12-18(20,21)22/h2-9H,10-12H2,1H3. The molecule has 0 saturated heterocycles. The monoisotopic (exact) mass is 415 g/mol. The molecule has 0 atom stereocenters. The van der Waals surface area contributed by atoms with E-state index < -0.39 is 12.8 Å². The first-order valence-electron chi connectivity index (χ1n) is 7.48. The van der Waals surface area contributed by atoms with Gasteiger partial charge in [0.2, 0.25) is 0 Å². The van der Waals surface area contributed by atoms with E-state index in [-0.39, 0.29) is 12.5 Å². The Balaban J connectivity index is 1.91. The SMILES string of the molecule is CN(Cc1ccc(Br)cc1)C(=O)c1ccc(COCC(F)(F)F)cc1. The van der Waals surface area contributed by atoms with Gasteiger partial charge in [-0.2, -0.15) is 13.2 Å². The average molecular weight is 416 g/mol. The first-order valence-corrected chi connectivity index (χ1v) is 8.27. The van der Waals surface area contributed by atoms with Gasteiger partial charge in [0.15, 0.2) is 0 Å². The van der Waals surface area contributed by atoms with Crippen LogP contribution in [0.2, 0.25) is 0 Å². The van der Waals surface area contributed by atoms with Gasteiger partial charge in [0.1, 0.15) is 6.61 Å². The van der Waals surface area contributed by atoms with Crippen LogP contribution in [0.15, 0.2) is 53.0 Å². The van der Waals surface area contributed by atoms with Crippen LogP contribution >= 0.6 is 15.9 Å². The van der Waals surface area contributed by atoms with Gasteiger partial charge in [-0.15, -0.1) is 0 Å². The molecule has 0 N–H and O–H groups in total. The predicted molar refractivity (Wildman–Crippen MR) is 92.1 cm³/mol. The van der Waals surface area contributed by atoms with E-state index in [9.17, 15) is 18.0 Å². The minimum Gasteiger partial charge on any atom is -0.367 e. The fraction of sp³-hybridized carbons (Fsp3) is 0.278. The minimum absolute atomic E-state index is 0.150. The summed E-state index contributed by atoms with van der Waals surface area (Å²) in [5.74, 6) is -0.161. The second-order valence-corrected chi connectivity index (χ2v) is 6.51. The van der Waals surface area contributed by atoms with Crippen LogP contribution in [0.1, 0.15) is 21.5 Å². The Morgan fingerprint density at radius 1 is 1.04 bits per heavy atom. The number of carbonyl (C=O) groups is 1. The Kier molecular flexibility index (Phi) is 6.61. The molecule has 0 radical (unpaired) electrons. The van der Waals surface area contributed by atoms with Crippen LogP contribution in [0.5, 0.6) is 0 Å². The van der Waals surface area contributed by atoms with E-state index in [2.05, 4.69) is 20.7 Å². The Labute approximate surface area is 152 Å². The number of alkyl halides is 3. The third kappa shape index (κ3) is 6.51. The number of rotatable bonds is 6. The molecule has 1 amide bonds. The molecule has 3 nitrogen and oxygen atoms in total. The highest BCUT2D eigenvalue weighted by molar-refractivity contribution is 9.10. The van der Waals surface area contributed by atoms with Gasteiger partial charge < -0.3 is 9.64 Å². The van der Waals surface area contributed by atoms with Crippen molar-refractivity contribution in [3.63, 3.8) is 0 Å². The van der Waals surface area contributed by atoms with Gasteiger partial charge in [-0.3, -0.25) is 4.79 Å². The van der Waals surface area contributed by atoms with Crippen LogP contribution < -0.4 is 0 Å². The van der Waals surface area contributed by atoms with Crippen LogP contribution in [-0.2, 0) is 17.9 Å². The van der Waals surface area contributed by atoms with Crippen LogP contribution in [0.3, 0.4) is 0 Å². The molecule has 2 aromatic carbocycles. The van der Waals surface area contributed by atoms with E-state index in [0.717, 1.165) is 10.0 Å². The third-order valence-electron chi connectivity index (χ3n) is 3.42. The predicted octanol–water partition coefficient (Wildman–Crippen LogP) is 4.80. The lowest BCUT2D eigenvalue weighted by molar-refractivity contribution is -0.176. The van der Waals surface area contributed by atoms with E-state index in [1.807, 2.05) is 24.3 Å². The average Bonchev–Trinajstić information content (AvgIpc) is 2.56. The van der Waals surface area contributed by atoms with Gasteiger partial charge in [-0.05, 0) is 35.4 Å². The molecule has 7 heteroatoms. The fourth-order valence-corrected chi connectivity index (χ4v) is 2.45. The zero-order chi connectivity index (χ0) is 18.4. The molecule has 25 heavy (non-hydrogen) atoms. The summed E-state index contributed by atoms with van der Waals surface area (Å²) < 4.78 is 41.7. The summed E-state index contributed by atoms with van der Waals surface area (Å²) in [6.45, 7) is -0.977. The van der Waals surface area contributed by atoms with Gasteiger partial charge >= 0.3 is 6.18 Å². The second kappa shape index (κ2) is 8.49. The van der Waals surface area contributed by atoms with Crippen molar-refractivity contribution in [1.29, 1.82) is 0 Å². The zero-order valence-electron chi connectivity index (χ0n) is 13.5. The van der Waals surface area contributed by atoms with Crippen LogP contribution in [0, 0.1) is 0 Å². The molecule has 0 heterocycles. The Bertz CT molecular complexity index is 700. The van der Waals surface area contributed by atoms with Crippen LogP contribution in [0.4, 0.5) is 13.2 Å². The Morgan fingerprint density at radius 3 is 2.16 bits per heavy atom. The van der Waals surface area contributed by atoms with Crippen LogP contribution in [0.25, 0.3) is 0 Å². The molecule has 2 aromatic rings. The first kappa shape index (κ1) is 19.5. The molecule has 0 saturated carbocycles. The normalized spacial score (nSPS) is 11.4.